The van der Waals surface area contributed by atoms with Crippen LogP contribution in [0.25, 0.3) is 0 Å². The fraction of sp³-hybridized carbons (Fsp3) is 0.929. The Bertz CT molecular complexity index is 246. The largest absolute Gasteiger partial charge is 0.368 e. The molecule has 3 N–H and O–H groups in total. The van der Waals surface area contributed by atoms with E-state index >= 15 is 0 Å². The maximum absolute atomic E-state index is 11.7. The maximum atomic E-state index is 11.7. The minimum absolute atomic E-state index is 0.00532. The van der Waals surface area contributed by atoms with Gasteiger partial charge in [-0.3, -0.25) is 4.79 Å². The van der Waals surface area contributed by atoms with E-state index in [9.17, 15) is 4.79 Å². The summed E-state index contributed by atoms with van der Waals surface area (Å²) in [4.78, 5) is 11.7. The van der Waals surface area contributed by atoms with Crippen molar-refractivity contribution in [3.05, 3.63) is 0 Å². The lowest BCUT2D eigenvalue weighted by Gasteiger charge is -2.20. The smallest absolute Gasteiger partial charge is 0.248 e. The number of carbonyl (C=O) groups is 1. The second-order valence-electron chi connectivity index (χ2n) is 5.31. The number of nitrogens with one attached hydrogen (secondary N) is 1. The van der Waals surface area contributed by atoms with E-state index in [0.29, 0.717) is 18.4 Å². The van der Waals surface area contributed by atoms with Crippen molar-refractivity contribution in [2.75, 3.05) is 19.7 Å². The Morgan fingerprint density at radius 3 is 2.83 bits per heavy atom. The van der Waals surface area contributed by atoms with Gasteiger partial charge >= 0.3 is 0 Å². The molecule has 0 aromatic heterocycles. The van der Waals surface area contributed by atoms with E-state index in [1.54, 1.807) is 0 Å². The number of amides is 1. The molecule has 0 radical (unpaired) electrons. The zero-order valence-electron chi connectivity index (χ0n) is 11.8. The van der Waals surface area contributed by atoms with Crippen molar-refractivity contribution in [3.8, 4) is 0 Å². The van der Waals surface area contributed by atoms with Crippen LogP contribution in [0.1, 0.15) is 46.0 Å². The van der Waals surface area contributed by atoms with Gasteiger partial charge in [-0.25, -0.2) is 0 Å². The van der Waals surface area contributed by atoms with Crippen molar-refractivity contribution in [3.63, 3.8) is 0 Å². The first-order valence-electron chi connectivity index (χ1n) is 7.28. The Kier molecular flexibility index (Phi) is 7.28. The first-order valence-corrected chi connectivity index (χ1v) is 7.28. The van der Waals surface area contributed by atoms with E-state index in [4.69, 9.17) is 10.5 Å². The maximum Gasteiger partial charge on any atom is 0.248 e. The highest BCUT2D eigenvalue weighted by Gasteiger charge is 2.27. The lowest BCUT2D eigenvalue weighted by Crippen LogP contribution is -2.36. The van der Waals surface area contributed by atoms with Gasteiger partial charge in [-0.15, -0.1) is 0 Å². The lowest BCUT2D eigenvalue weighted by molar-refractivity contribution is -0.132. The SMILES string of the molecule is CCCCNC(=O)C(C)OCC1CCCC1CN. The number of unbranched alkanes of at least 4 members (excludes halogenated alkanes) is 1. The van der Waals surface area contributed by atoms with Gasteiger partial charge < -0.3 is 15.8 Å². The number of hydrogen-bond donors (Lipinski definition) is 2. The van der Waals surface area contributed by atoms with E-state index < -0.39 is 0 Å². The summed E-state index contributed by atoms with van der Waals surface area (Å²) < 4.78 is 5.68. The zero-order valence-corrected chi connectivity index (χ0v) is 11.8. The van der Waals surface area contributed by atoms with Gasteiger partial charge in [0.15, 0.2) is 0 Å². The van der Waals surface area contributed by atoms with Crippen molar-refractivity contribution in [2.24, 2.45) is 17.6 Å². The Morgan fingerprint density at radius 2 is 2.17 bits per heavy atom. The summed E-state index contributed by atoms with van der Waals surface area (Å²) in [6.07, 6.45) is 5.41. The Labute approximate surface area is 111 Å². The summed E-state index contributed by atoms with van der Waals surface area (Å²) in [6, 6.07) is 0. The molecule has 4 heteroatoms. The molecule has 1 rings (SSSR count). The Morgan fingerprint density at radius 1 is 1.44 bits per heavy atom. The molecule has 18 heavy (non-hydrogen) atoms. The first-order chi connectivity index (χ1) is 8.69. The molecule has 1 aliphatic rings. The molecular weight excluding hydrogens is 228 g/mol. The molecular formula is C14H28N2O2. The van der Waals surface area contributed by atoms with Crippen molar-refractivity contribution in [1.29, 1.82) is 0 Å². The summed E-state index contributed by atoms with van der Waals surface area (Å²) in [5.74, 6) is 1.13. The predicted molar refractivity (Wildman–Crippen MR) is 73.2 cm³/mol. The topological polar surface area (TPSA) is 64.3 Å². The highest BCUT2D eigenvalue weighted by atomic mass is 16.5. The summed E-state index contributed by atoms with van der Waals surface area (Å²) in [7, 11) is 0. The third-order valence-electron chi connectivity index (χ3n) is 3.88. The molecule has 1 amide bonds. The summed E-state index contributed by atoms with van der Waals surface area (Å²) in [5.41, 5.74) is 5.74. The van der Waals surface area contributed by atoms with Gasteiger partial charge in [0, 0.05) is 6.54 Å². The summed E-state index contributed by atoms with van der Waals surface area (Å²) in [5, 5.41) is 2.90. The fourth-order valence-corrected chi connectivity index (χ4v) is 2.52. The second kappa shape index (κ2) is 8.48. The molecule has 3 atom stereocenters. The van der Waals surface area contributed by atoms with Crippen LogP contribution in [0, 0.1) is 11.8 Å². The molecule has 0 aliphatic heterocycles. The average molecular weight is 256 g/mol. The molecule has 0 spiro atoms. The third kappa shape index (κ3) is 4.94. The van der Waals surface area contributed by atoms with E-state index in [1.165, 1.54) is 19.3 Å². The summed E-state index contributed by atoms with van der Waals surface area (Å²) >= 11 is 0. The molecule has 1 saturated carbocycles. The minimum Gasteiger partial charge on any atom is -0.368 e. The quantitative estimate of drug-likeness (QED) is 0.649. The average Bonchev–Trinajstić information content (AvgIpc) is 2.83. The standard InChI is InChI=1S/C14H28N2O2/c1-3-4-8-16-14(17)11(2)18-10-13-7-5-6-12(13)9-15/h11-13H,3-10,15H2,1-2H3,(H,16,17). The van der Waals surface area contributed by atoms with Crippen molar-refractivity contribution in [1.82, 2.24) is 5.32 Å². The molecule has 1 aliphatic carbocycles. The number of carbonyl (C=O) groups excluding carboxylic acids is 1. The minimum atomic E-state index is -0.346. The lowest BCUT2D eigenvalue weighted by atomic mass is 9.97. The van der Waals surface area contributed by atoms with Crippen LogP contribution >= 0.6 is 0 Å². The molecule has 0 heterocycles. The molecule has 3 unspecified atom stereocenters. The van der Waals surface area contributed by atoms with Crippen LogP contribution in [0.4, 0.5) is 0 Å². The van der Waals surface area contributed by atoms with Gasteiger partial charge in [-0.2, -0.15) is 0 Å². The molecule has 0 aromatic carbocycles. The zero-order chi connectivity index (χ0) is 13.4. The predicted octanol–water partition coefficient (Wildman–Crippen LogP) is 1.68. The Balaban J connectivity index is 2.19. The van der Waals surface area contributed by atoms with Crippen LogP contribution in [0.15, 0.2) is 0 Å². The highest BCUT2D eigenvalue weighted by molar-refractivity contribution is 5.80. The monoisotopic (exact) mass is 256 g/mol. The van der Waals surface area contributed by atoms with Gasteiger partial charge in [0.2, 0.25) is 5.91 Å². The van der Waals surface area contributed by atoms with Crippen LogP contribution in [0.5, 0.6) is 0 Å². The van der Waals surface area contributed by atoms with E-state index in [1.807, 2.05) is 6.92 Å². The van der Waals surface area contributed by atoms with Crippen LogP contribution < -0.4 is 11.1 Å². The normalized spacial score (nSPS) is 25.1. The van der Waals surface area contributed by atoms with Gasteiger partial charge in [0.1, 0.15) is 6.10 Å². The van der Waals surface area contributed by atoms with Crippen molar-refractivity contribution in [2.45, 2.75) is 52.1 Å². The molecule has 106 valence electrons. The summed E-state index contributed by atoms with van der Waals surface area (Å²) in [6.45, 7) is 6.10. The molecule has 1 fully saturated rings. The van der Waals surface area contributed by atoms with Crippen LogP contribution in [0.2, 0.25) is 0 Å². The van der Waals surface area contributed by atoms with Gasteiger partial charge in [-0.1, -0.05) is 19.8 Å². The molecule has 0 saturated heterocycles. The van der Waals surface area contributed by atoms with Crippen molar-refractivity contribution < 1.29 is 9.53 Å². The first kappa shape index (κ1) is 15.4. The van der Waals surface area contributed by atoms with Crippen molar-refractivity contribution >= 4 is 5.91 Å². The molecule has 0 bridgehead atoms. The number of ether oxygens (including phenoxy) is 1. The van der Waals surface area contributed by atoms with Crippen LogP contribution in [-0.4, -0.2) is 31.7 Å². The van der Waals surface area contributed by atoms with Crippen LogP contribution in [-0.2, 0) is 9.53 Å². The number of hydrogen-bond acceptors (Lipinski definition) is 3. The van der Waals surface area contributed by atoms with E-state index in [2.05, 4.69) is 12.2 Å². The number of rotatable bonds is 8. The number of nitrogens with two attached hydrogens (primary N) is 1. The van der Waals surface area contributed by atoms with Gasteiger partial charge in [0.05, 0.1) is 6.61 Å². The van der Waals surface area contributed by atoms with E-state index in [0.717, 1.165) is 25.9 Å². The molecule has 4 nitrogen and oxygen atoms in total. The second-order valence-corrected chi connectivity index (χ2v) is 5.31. The third-order valence-corrected chi connectivity index (χ3v) is 3.88. The fourth-order valence-electron chi connectivity index (χ4n) is 2.52. The molecule has 0 aromatic rings. The highest BCUT2D eigenvalue weighted by Crippen LogP contribution is 2.31. The van der Waals surface area contributed by atoms with Gasteiger partial charge in [0.25, 0.3) is 0 Å². The van der Waals surface area contributed by atoms with E-state index in [-0.39, 0.29) is 12.0 Å². The van der Waals surface area contributed by atoms with Gasteiger partial charge in [-0.05, 0) is 44.6 Å². The van der Waals surface area contributed by atoms with Crippen LogP contribution in [0.3, 0.4) is 0 Å². The Hall–Kier alpha value is -0.610.